The van der Waals surface area contributed by atoms with Crippen LogP contribution in [0.3, 0.4) is 0 Å². The van der Waals surface area contributed by atoms with E-state index in [-0.39, 0.29) is 17.2 Å². The SMILES string of the molecule is C/C=C/C(C)=C(/N1C(=O)OC[C@H]1Cc1ccccc1)[Si](C)(C)C(C)(C)C. The second kappa shape index (κ2) is 7.83. The zero-order valence-electron chi connectivity index (χ0n) is 17.3. The number of carbonyl (C=O) groups excluding carboxylic acids is 1. The number of hydrogen-bond donors (Lipinski definition) is 0. The molecule has 1 aliphatic heterocycles. The van der Waals surface area contributed by atoms with Gasteiger partial charge in [-0.15, -0.1) is 0 Å². The van der Waals surface area contributed by atoms with Gasteiger partial charge in [0.2, 0.25) is 0 Å². The minimum absolute atomic E-state index is 0.0502. The molecule has 0 saturated carbocycles. The number of hydrogen-bond acceptors (Lipinski definition) is 2. The molecular formula is C22H33NO2Si. The molecule has 0 N–H and O–H groups in total. The van der Waals surface area contributed by atoms with Crippen molar-refractivity contribution in [1.82, 2.24) is 4.90 Å². The van der Waals surface area contributed by atoms with Gasteiger partial charge < -0.3 is 4.74 Å². The van der Waals surface area contributed by atoms with Crippen LogP contribution in [-0.2, 0) is 11.2 Å². The van der Waals surface area contributed by atoms with E-state index < -0.39 is 8.07 Å². The lowest BCUT2D eigenvalue weighted by atomic mass is 10.1. The first-order chi connectivity index (χ1) is 12.1. The quantitative estimate of drug-likeness (QED) is 0.473. The van der Waals surface area contributed by atoms with Gasteiger partial charge in [-0.25, -0.2) is 4.79 Å². The van der Waals surface area contributed by atoms with Gasteiger partial charge in [0.25, 0.3) is 0 Å². The Hall–Kier alpha value is -1.81. The molecular weight excluding hydrogens is 338 g/mol. The van der Waals surface area contributed by atoms with E-state index in [1.54, 1.807) is 0 Å². The molecule has 1 fully saturated rings. The molecule has 0 spiro atoms. The lowest BCUT2D eigenvalue weighted by Gasteiger charge is -2.43. The number of carbonyl (C=O) groups is 1. The second-order valence-corrected chi connectivity index (χ2v) is 13.9. The van der Waals surface area contributed by atoms with Crippen molar-refractivity contribution in [2.45, 2.75) is 65.2 Å². The van der Waals surface area contributed by atoms with Crippen molar-refractivity contribution in [1.29, 1.82) is 0 Å². The molecule has 1 saturated heterocycles. The maximum absolute atomic E-state index is 12.8. The van der Waals surface area contributed by atoms with E-state index in [4.69, 9.17) is 4.74 Å². The van der Waals surface area contributed by atoms with Crippen LogP contribution in [0.4, 0.5) is 4.79 Å². The van der Waals surface area contributed by atoms with Gasteiger partial charge in [0, 0.05) is 5.32 Å². The Bertz CT molecular complexity index is 699. The summed E-state index contributed by atoms with van der Waals surface area (Å²) in [5.41, 5.74) is 2.41. The Labute approximate surface area is 159 Å². The largest absolute Gasteiger partial charge is 0.447 e. The Morgan fingerprint density at radius 3 is 2.42 bits per heavy atom. The van der Waals surface area contributed by atoms with Gasteiger partial charge in [0.1, 0.15) is 14.7 Å². The van der Waals surface area contributed by atoms with E-state index in [0.717, 1.165) is 6.42 Å². The average Bonchev–Trinajstić information content (AvgIpc) is 2.89. The maximum atomic E-state index is 12.8. The molecule has 1 aromatic rings. The minimum Gasteiger partial charge on any atom is -0.447 e. The van der Waals surface area contributed by atoms with Gasteiger partial charge in [-0.3, -0.25) is 4.90 Å². The highest BCUT2D eigenvalue weighted by Gasteiger charge is 2.47. The van der Waals surface area contributed by atoms with E-state index in [1.165, 1.54) is 16.5 Å². The number of amides is 1. The van der Waals surface area contributed by atoms with E-state index in [9.17, 15) is 4.79 Å². The summed E-state index contributed by atoms with van der Waals surface area (Å²) in [6.07, 6.45) is 4.79. The number of ether oxygens (including phenoxy) is 1. The third kappa shape index (κ3) is 4.12. The van der Waals surface area contributed by atoms with E-state index in [1.807, 2.05) is 30.0 Å². The molecule has 0 unspecified atom stereocenters. The van der Waals surface area contributed by atoms with Gasteiger partial charge in [0.05, 0.1) is 6.04 Å². The molecule has 4 heteroatoms. The fourth-order valence-electron chi connectivity index (χ4n) is 3.44. The van der Waals surface area contributed by atoms with Crippen LogP contribution in [0, 0.1) is 0 Å². The van der Waals surface area contributed by atoms with Crippen molar-refractivity contribution < 1.29 is 9.53 Å². The smallest absolute Gasteiger partial charge is 0.414 e. The Morgan fingerprint density at radius 1 is 1.27 bits per heavy atom. The second-order valence-electron chi connectivity index (χ2n) is 8.70. The average molecular weight is 372 g/mol. The minimum atomic E-state index is -1.95. The number of rotatable bonds is 5. The fourth-order valence-corrected chi connectivity index (χ4v) is 6.09. The molecule has 0 aromatic heterocycles. The predicted octanol–water partition coefficient (Wildman–Crippen LogP) is 5.95. The van der Waals surface area contributed by atoms with Crippen molar-refractivity contribution in [2.75, 3.05) is 6.61 Å². The van der Waals surface area contributed by atoms with Crippen molar-refractivity contribution >= 4 is 14.2 Å². The number of cyclic esters (lactones) is 1. The zero-order chi connectivity index (χ0) is 19.5. The van der Waals surface area contributed by atoms with Crippen LogP contribution >= 0.6 is 0 Å². The summed E-state index contributed by atoms with van der Waals surface area (Å²) in [5.74, 6) is 0. The Balaban J connectivity index is 2.51. The molecule has 26 heavy (non-hydrogen) atoms. The highest BCUT2D eigenvalue weighted by molar-refractivity contribution is 6.86. The first kappa shape index (κ1) is 20.5. The van der Waals surface area contributed by atoms with E-state index in [2.05, 4.69) is 65.1 Å². The third-order valence-electron chi connectivity index (χ3n) is 5.77. The molecule has 2 rings (SSSR count). The normalized spacial score (nSPS) is 19.7. The van der Waals surface area contributed by atoms with Crippen molar-refractivity contribution in [2.24, 2.45) is 0 Å². The Kier molecular flexibility index (Phi) is 6.17. The molecule has 0 radical (unpaired) electrons. The van der Waals surface area contributed by atoms with Crippen LogP contribution in [0.1, 0.15) is 40.2 Å². The number of allylic oxidation sites excluding steroid dienone is 3. The number of benzene rings is 1. The van der Waals surface area contributed by atoms with Crippen LogP contribution < -0.4 is 0 Å². The summed E-state index contributed by atoms with van der Waals surface area (Å²) in [5, 5.41) is 1.33. The summed E-state index contributed by atoms with van der Waals surface area (Å²) >= 11 is 0. The van der Waals surface area contributed by atoms with Crippen LogP contribution in [0.5, 0.6) is 0 Å². The molecule has 0 aliphatic carbocycles. The van der Waals surface area contributed by atoms with E-state index >= 15 is 0 Å². The highest BCUT2D eigenvalue weighted by atomic mass is 28.3. The fraction of sp³-hybridized carbons (Fsp3) is 0.500. The summed E-state index contributed by atoms with van der Waals surface area (Å²) in [6, 6.07) is 10.4. The van der Waals surface area contributed by atoms with Crippen LogP contribution in [0.2, 0.25) is 18.1 Å². The summed E-state index contributed by atoms with van der Waals surface area (Å²) < 4.78 is 5.52. The molecule has 1 heterocycles. The standard InChI is InChI=1S/C22H33NO2Si/c1-8-12-17(2)20(26(6,7)22(3,4)5)23-19(16-25-21(23)24)15-18-13-10-9-11-14-18/h8-14,19H,15-16H2,1-7H3/b12-8+,20-17-/t19-/m1/s1. The predicted molar refractivity (Wildman–Crippen MR) is 112 cm³/mol. The molecule has 0 bridgehead atoms. The van der Waals surface area contributed by atoms with Crippen LogP contribution in [0.15, 0.2) is 53.4 Å². The molecule has 1 atom stereocenters. The van der Waals surface area contributed by atoms with Gasteiger partial charge in [-0.2, -0.15) is 0 Å². The third-order valence-corrected chi connectivity index (χ3v) is 11.3. The highest BCUT2D eigenvalue weighted by Crippen LogP contribution is 2.44. The lowest BCUT2D eigenvalue weighted by Crippen LogP contribution is -2.50. The monoisotopic (exact) mass is 371 g/mol. The van der Waals surface area contributed by atoms with Crippen molar-refractivity contribution in [3.8, 4) is 0 Å². The van der Waals surface area contributed by atoms with Gasteiger partial charge >= 0.3 is 6.09 Å². The summed E-state index contributed by atoms with van der Waals surface area (Å²) in [4.78, 5) is 14.7. The molecule has 3 nitrogen and oxygen atoms in total. The molecule has 142 valence electrons. The number of nitrogens with zero attached hydrogens (tertiary/aromatic N) is 1. The molecule has 1 aliphatic rings. The zero-order valence-corrected chi connectivity index (χ0v) is 18.3. The molecule has 1 amide bonds. The molecule has 1 aromatic carbocycles. The first-order valence-corrected chi connectivity index (χ1v) is 12.4. The maximum Gasteiger partial charge on any atom is 0.414 e. The summed E-state index contributed by atoms with van der Waals surface area (Å²) in [6.45, 7) is 16.2. The van der Waals surface area contributed by atoms with Gasteiger partial charge in [0.15, 0.2) is 0 Å². The summed E-state index contributed by atoms with van der Waals surface area (Å²) in [7, 11) is -1.95. The Morgan fingerprint density at radius 2 is 1.88 bits per heavy atom. The van der Waals surface area contributed by atoms with E-state index in [0.29, 0.717) is 6.61 Å². The lowest BCUT2D eigenvalue weighted by molar-refractivity contribution is 0.165. The first-order valence-electron chi connectivity index (χ1n) is 9.43. The van der Waals surface area contributed by atoms with Gasteiger partial charge in [-0.05, 0) is 36.4 Å². The van der Waals surface area contributed by atoms with Gasteiger partial charge in [-0.1, -0.05) is 76.3 Å². The van der Waals surface area contributed by atoms with Crippen LogP contribution in [-0.4, -0.2) is 31.7 Å². The topological polar surface area (TPSA) is 29.5 Å². The van der Waals surface area contributed by atoms with Crippen LogP contribution in [0.25, 0.3) is 0 Å². The van der Waals surface area contributed by atoms with Crippen molar-refractivity contribution in [3.63, 3.8) is 0 Å². The van der Waals surface area contributed by atoms with Crippen molar-refractivity contribution in [3.05, 3.63) is 58.9 Å².